The van der Waals surface area contributed by atoms with Crippen LogP contribution >= 0.6 is 0 Å². The average Bonchev–Trinajstić information content (AvgIpc) is 3.25. The van der Waals surface area contributed by atoms with E-state index in [1.165, 1.54) is 24.0 Å². The number of para-hydroxylation sites is 1. The van der Waals surface area contributed by atoms with E-state index >= 15 is 0 Å². The number of ether oxygens (including phenoxy) is 1. The van der Waals surface area contributed by atoms with Gasteiger partial charge in [0.1, 0.15) is 11.5 Å². The fraction of sp³-hybridized carbons (Fsp3) is 0.333. The molecule has 0 spiro atoms. The second-order valence-corrected chi connectivity index (χ2v) is 5.61. The Balaban J connectivity index is 1.71. The first-order valence-electron chi connectivity index (χ1n) is 7.29. The highest BCUT2D eigenvalue weighted by molar-refractivity contribution is 5.40. The Hall–Kier alpha value is -1.80. The van der Waals surface area contributed by atoms with Gasteiger partial charge in [0.15, 0.2) is 0 Å². The predicted octanol–water partition coefficient (Wildman–Crippen LogP) is 4.35. The molecule has 3 rings (SSSR count). The second kappa shape index (κ2) is 5.68. The Morgan fingerprint density at radius 1 is 1.05 bits per heavy atom. The molecular weight excluding hydrogens is 246 g/mol. The van der Waals surface area contributed by atoms with Crippen LogP contribution in [-0.2, 0) is 6.54 Å². The minimum atomic E-state index is 0.747. The van der Waals surface area contributed by atoms with Crippen LogP contribution in [0, 0.1) is 13.8 Å². The average molecular weight is 267 g/mol. The van der Waals surface area contributed by atoms with E-state index < -0.39 is 0 Å². The lowest BCUT2D eigenvalue weighted by Gasteiger charge is -2.12. The first kappa shape index (κ1) is 13.2. The van der Waals surface area contributed by atoms with E-state index in [1.54, 1.807) is 0 Å². The molecule has 1 N–H and O–H groups in total. The van der Waals surface area contributed by atoms with Crippen LogP contribution in [0.25, 0.3) is 0 Å². The maximum atomic E-state index is 5.96. The minimum absolute atomic E-state index is 0.747. The van der Waals surface area contributed by atoms with Gasteiger partial charge in [-0.1, -0.05) is 24.3 Å². The van der Waals surface area contributed by atoms with E-state index in [-0.39, 0.29) is 0 Å². The van der Waals surface area contributed by atoms with Crippen molar-refractivity contribution < 1.29 is 4.74 Å². The summed E-state index contributed by atoms with van der Waals surface area (Å²) in [5, 5.41) is 3.55. The van der Waals surface area contributed by atoms with Gasteiger partial charge in [-0.05, 0) is 61.6 Å². The van der Waals surface area contributed by atoms with Gasteiger partial charge in [0.2, 0.25) is 0 Å². The van der Waals surface area contributed by atoms with E-state index in [0.29, 0.717) is 0 Å². The molecule has 0 aromatic heterocycles. The quantitative estimate of drug-likeness (QED) is 0.869. The summed E-state index contributed by atoms with van der Waals surface area (Å²) in [6.07, 6.45) is 2.65. The van der Waals surface area contributed by atoms with Crippen LogP contribution in [0.15, 0.2) is 42.5 Å². The summed E-state index contributed by atoms with van der Waals surface area (Å²) in [7, 11) is 0. The lowest BCUT2D eigenvalue weighted by Crippen LogP contribution is -2.15. The molecule has 0 radical (unpaired) electrons. The predicted molar refractivity (Wildman–Crippen MR) is 82.3 cm³/mol. The van der Waals surface area contributed by atoms with Crippen LogP contribution in [0.4, 0.5) is 0 Å². The lowest BCUT2D eigenvalue weighted by atomic mass is 10.1. The molecule has 1 fully saturated rings. The highest BCUT2D eigenvalue weighted by Gasteiger charge is 2.20. The van der Waals surface area contributed by atoms with Crippen LogP contribution in [0.2, 0.25) is 0 Å². The molecule has 20 heavy (non-hydrogen) atoms. The van der Waals surface area contributed by atoms with Gasteiger partial charge in [-0.2, -0.15) is 0 Å². The van der Waals surface area contributed by atoms with E-state index in [0.717, 1.165) is 29.6 Å². The van der Waals surface area contributed by atoms with Crippen molar-refractivity contribution in [1.82, 2.24) is 5.32 Å². The maximum absolute atomic E-state index is 5.96. The molecular formula is C18H21NO. The third kappa shape index (κ3) is 3.20. The lowest BCUT2D eigenvalue weighted by molar-refractivity contribution is 0.478. The van der Waals surface area contributed by atoms with Crippen molar-refractivity contribution in [2.45, 2.75) is 39.3 Å². The van der Waals surface area contributed by atoms with Crippen LogP contribution in [0.5, 0.6) is 11.5 Å². The Bertz CT molecular complexity index is 602. The van der Waals surface area contributed by atoms with Crippen molar-refractivity contribution in [3.63, 3.8) is 0 Å². The molecule has 2 nitrogen and oxygen atoms in total. The normalized spacial score (nSPS) is 14.3. The Morgan fingerprint density at radius 3 is 2.55 bits per heavy atom. The summed E-state index contributed by atoms with van der Waals surface area (Å²) in [6, 6.07) is 15.2. The summed E-state index contributed by atoms with van der Waals surface area (Å²) in [5.74, 6) is 1.84. The van der Waals surface area contributed by atoms with Gasteiger partial charge in [-0.15, -0.1) is 0 Å². The molecule has 0 aliphatic heterocycles. The monoisotopic (exact) mass is 267 g/mol. The summed E-state index contributed by atoms with van der Waals surface area (Å²) in [4.78, 5) is 0. The molecule has 104 valence electrons. The van der Waals surface area contributed by atoms with Crippen molar-refractivity contribution in [2.24, 2.45) is 0 Å². The number of benzene rings is 2. The maximum Gasteiger partial charge on any atom is 0.130 e. The zero-order valence-corrected chi connectivity index (χ0v) is 12.1. The Kier molecular flexibility index (Phi) is 3.75. The van der Waals surface area contributed by atoms with Crippen molar-refractivity contribution in [2.75, 3.05) is 0 Å². The number of rotatable bonds is 5. The van der Waals surface area contributed by atoms with Gasteiger partial charge < -0.3 is 10.1 Å². The van der Waals surface area contributed by atoms with Gasteiger partial charge in [-0.25, -0.2) is 0 Å². The highest BCUT2D eigenvalue weighted by atomic mass is 16.5. The SMILES string of the molecule is Cc1cc(Oc2ccccc2C)ccc1CNC1CC1. The topological polar surface area (TPSA) is 21.3 Å². The number of hydrogen-bond acceptors (Lipinski definition) is 2. The molecule has 1 aliphatic rings. The summed E-state index contributed by atoms with van der Waals surface area (Å²) in [6.45, 7) is 5.17. The highest BCUT2D eigenvalue weighted by Crippen LogP contribution is 2.27. The Labute approximate surface area is 120 Å². The third-order valence-corrected chi connectivity index (χ3v) is 3.79. The molecule has 1 aliphatic carbocycles. The van der Waals surface area contributed by atoms with Crippen LogP contribution in [0.1, 0.15) is 29.5 Å². The third-order valence-electron chi connectivity index (χ3n) is 3.79. The van der Waals surface area contributed by atoms with Crippen LogP contribution < -0.4 is 10.1 Å². The summed E-state index contributed by atoms with van der Waals surface area (Å²) < 4.78 is 5.96. The van der Waals surface area contributed by atoms with E-state index in [4.69, 9.17) is 4.74 Å². The fourth-order valence-corrected chi connectivity index (χ4v) is 2.27. The first-order chi connectivity index (χ1) is 9.72. The number of hydrogen-bond donors (Lipinski definition) is 1. The Morgan fingerprint density at radius 2 is 1.85 bits per heavy atom. The van der Waals surface area contributed by atoms with Crippen molar-refractivity contribution >= 4 is 0 Å². The van der Waals surface area contributed by atoms with Gasteiger partial charge in [0.25, 0.3) is 0 Å². The molecule has 0 heterocycles. The molecule has 0 saturated heterocycles. The molecule has 2 aromatic carbocycles. The van der Waals surface area contributed by atoms with Gasteiger partial charge in [-0.3, -0.25) is 0 Å². The molecule has 0 atom stereocenters. The first-order valence-corrected chi connectivity index (χ1v) is 7.29. The summed E-state index contributed by atoms with van der Waals surface area (Å²) in [5.41, 5.74) is 3.79. The standard InChI is InChI=1S/C18H21NO/c1-13-5-3-4-6-18(13)20-17-10-7-15(14(2)11-17)12-19-16-8-9-16/h3-7,10-11,16,19H,8-9,12H2,1-2H3. The number of nitrogens with one attached hydrogen (secondary N) is 1. The van der Waals surface area contributed by atoms with Crippen LogP contribution in [-0.4, -0.2) is 6.04 Å². The molecule has 0 bridgehead atoms. The molecule has 0 amide bonds. The van der Waals surface area contributed by atoms with E-state index in [9.17, 15) is 0 Å². The smallest absolute Gasteiger partial charge is 0.130 e. The van der Waals surface area contributed by atoms with Crippen molar-refractivity contribution in [3.05, 3.63) is 59.2 Å². The molecule has 2 aromatic rings. The summed E-state index contributed by atoms with van der Waals surface area (Å²) >= 11 is 0. The number of aryl methyl sites for hydroxylation is 2. The zero-order valence-electron chi connectivity index (χ0n) is 12.1. The zero-order chi connectivity index (χ0) is 13.9. The molecule has 1 saturated carbocycles. The molecule has 2 heteroatoms. The van der Waals surface area contributed by atoms with Gasteiger partial charge in [0, 0.05) is 12.6 Å². The van der Waals surface area contributed by atoms with E-state index in [1.807, 2.05) is 18.2 Å². The van der Waals surface area contributed by atoms with E-state index in [2.05, 4.69) is 43.4 Å². The fourth-order valence-electron chi connectivity index (χ4n) is 2.27. The largest absolute Gasteiger partial charge is 0.457 e. The van der Waals surface area contributed by atoms with Crippen molar-refractivity contribution in [3.8, 4) is 11.5 Å². The van der Waals surface area contributed by atoms with Crippen molar-refractivity contribution in [1.29, 1.82) is 0 Å². The minimum Gasteiger partial charge on any atom is -0.457 e. The second-order valence-electron chi connectivity index (χ2n) is 5.61. The van der Waals surface area contributed by atoms with Crippen LogP contribution in [0.3, 0.4) is 0 Å². The van der Waals surface area contributed by atoms with Gasteiger partial charge in [0.05, 0.1) is 0 Å². The molecule has 0 unspecified atom stereocenters. The van der Waals surface area contributed by atoms with Gasteiger partial charge >= 0.3 is 0 Å².